The van der Waals surface area contributed by atoms with E-state index >= 15 is 0 Å². The van der Waals surface area contributed by atoms with Crippen LogP contribution in [0.25, 0.3) is 0 Å². The van der Waals surface area contributed by atoms with Crippen molar-refractivity contribution in [2.24, 2.45) is 5.11 Å². The molecule has 26 heavy (non-hydrogen) atoms. The van der Waals surface area contributed by atoms with Crippen molar-refractivity contribution >= 4 is 22.9 Å². The molecule has 0 aliphatic carbocycles. The maximum Gasteiger partial charge on any atom is 0.237 e. The molecule has 1 aromatic carbocycles. The lowest BCUT2D eigenvalue weighted by molar-refractivity contribution is -0.122. The van der Waals surface area contributed by atoms with Crippen LogP contribution in [0.1, 0.15) is 5.69 Å². The summed E-state index contributed by atoms with van der Waals surface area (Å²) in [7, 11) is 1.66. The normalized spacial score (nSPS) is 12.5. The maximum absolute atomic E-state index is 13.6. The number of thiazole rings is 1. The summed E-state index contributed by atoms with van der Waals surface area (Å²) in [5.41, 5.74) is 9.37. The summed E-state index contributed by atoms with van der Waals surface area (Å²) >= 11 is 1.44. The predicted octanol–water partition coefficient (Wildman–Crippen LogP) is 2.65. The molecular formula is C16H18F2N6OS. The van der Waals surface area contributed by atoms with Gasteiger partial charge in [0.2, 0.25) is 5.91 Å². The second-order valence-electron chi connectivity index (χ2n) is 5.23. The van der Waals surface area contributed by atoms with E-state index in [1.807, 2.05) is 5.38 Å². The minimum Gasteiger partial charge on any atom is -0.355 e. The van der Waals surface area contributed by atoms with Gasteiger partial charge in [0.1, 0.15) is 17.3 Å². The lowest BCUT2D eigenvalue weighted by atomic mass is 10.1. The monoisotopic (exact) mass is 380 g/mol. The number of halogens is 2. The van der Waals surface area contributed by atoms with Crippen LogP contribution in [-0.4, -0.2) is 30.5 Å². The number of aromatic nitrogens is 1. The summed E-state index contributed by atoms with van der Waals surface area (Å²) in [5.74, 6) is -1.84. The molecule has 138 valence electrons. The van der Waals surface area contributed by atoms with Gasteiger partial charge in [0.25, 0.3) is 0 Å². The van der Waals surface area contributed by atoms with E-state index < -0.39 is 17.7 Å². The largest absolute Gasteiger partial charge is 0.355 e. The zero-order valence-electron chi connectivity index (χ0n) is 13.9. The number of carbonyl (C=O) groups excluding carboxylic acids is 1. The summed E-state index contributed by atoms with van der Waals surface area (Å²) in [4.78, 5) is 16.4. The Morgan fingerprint density at radius 3 is 2.73 bits per heavy atom. The third-order valence-electron chi connectivity index (χ3n) is 3.49. The van der Waals surface area contributed by atoms with Crippen molar-refractivity contribution in [3.63, 3.8) is 0 Å². The Hall–Kier alpha value is -2.72. The number of hydrogen-bond donors (Lipinski definition) is 4. The molecule has 0 aliphatic heterocycles. The summed E-state index contributed by atoms with van der Waals surface area (Å²) < 4.78 is 27.1. The van der Waals surface area contributed by atoms with Crippen molar-refractivity contribution in [2.45, 2.75) is 12.5 Å². The average molecular weight is 380 g/mol. The Labute approximate surface area is 153 Å². The van der Waals surface area contributed by atoms with E-state index in [1.54, 1.807) is 12.6 Å². The molecule has 0 spiro atoms. The first-order valence-corrected chi connectivity index (χ1v) is 8.58. The number of anilines is 1. The highest BCUT2D eigenvalue weighted by atomic mass is 32.1. The maximum atomic E-state index is 13.6. The number of rotatable bonds is 9. The average Bonchev–Trinajstić information content (AvgIpc) is 3.14. The molecule has 1 aromatic heterocycles. The fraction of sp³-hybridized carbons (Fsp3) is 0.250. The van der Waals surface area contributed by atoms with Crippen LogP contribution in [0.4, 0.5) is 14.5 Å². The molecular weight excluding hydrogens is 362 g/mol. The van der Waals surface area contributed by atoms with Crippen molar-refractivity contribution in [2.75, 3.05) is 18.9 Å². The Morgan fingerprint density at radius 2 is 2.15 bits per heavy atom. The molecule has 0 radical (unpaired) electrons. The van der Waals surface area contributed by atoms with Crippen LogP contribution >= 0.6 is 11.3 Å². The fourth-order valence-corrected chi connectivity index (χ4v) is 2.66. The van der Waals surface area contributed by atoms with E-state index in [-0.39, 0.29) is 23.8 Å². The standard InChI is InChI=1S/C16H18F2N6OS/c1-20-14(5-10-8-26-9-23-10)16(25)22-7-11(24-19)6-21-15-12(17)3-2-4-13(15)18/h2-4,6,8-9,14,19-21H,5,7H2,1H3,(H,22,25)/b11-6-,24-19?. The zero-order valence-corrected chi connectivity index (χ0v) is 14.7. The molecule has 1 heterocycles. The number of likely N-dealkylation sites (N-methyl/N-ethyl adjacent to an activating group) is 1. The lowest BCUT2D eigenvalue weighted by Gasteiger charge is -2.15. The van der Waals surface area contributed by atoms with E-state index in [2.05, 4.69) is 26.0 Å². The smallest absolute Gasteiger partial charge is 0.237 e. The second kappa shape index (κ2) is 9.68. The Bertz CT molecular complexity index is 761. The molecule has 2 aromatic rings. The Kier molecular flexibility index (Phi) is 7.30. The van der Waals surface area contributed by atoms with Crippen LogP contribution < -0.4 is 16.0 Å². The van der Waals surface area contributed by atoms with E-state index in [9.17, 15) is 13.6 Å². The van der Waals surface area contributed by atoms with Crippen molar-refractivity contribution in [3.8, 4) is 0 Å². The number of amides is 1. The van der Waals surface area contributed by atoms with Crippen LogP contribution in [-0.2, 0) is 11.2 Å². The Morgan fingerprint density at radius 1 is 1.42 bits per heavy atom. The van der Waals surface area contributed by atoms with Crippen LogP contribution in [0.2, 0.25) is 0 Å². The molecule has 2 rings (SSSR count). The fourth-order valence-electron chi connectivity index (χ4n) is 2.09. The lowest BCUT2D eigenvalue weighted by Crippen LogP contribution is -2.44. The SMILES string of the molecule is CNC(Cc1cscn1)C(=O)NC/C(=C/Nc1c(F)cccc1F)N=N. The molecule has 0 fully saturated rings. The zero-order chi connectivity index (χ0) is 18.9. The number of carbonyl (C=O) groups is 1. The van der Waals surface area contributed by atoms with Crippen LogP contribution in [0.5, 0.6) is 0 Å². The van der Waals surface area contributed by atoms with E-state index in [0.717, 1.165) is 17.8 Å². The van der Waals surface area contributed by atoms with Gasteiger partial charge < -0.3 is 16.0 Å². The van der Waals surface area contributed by atoms with Crippen molar-refractivity contribution in [1.29, 1.82) is 5.53 Å². The molecule has 0 aliphatic rings. The van der Waals surface area contributed by atoms with Crippen molar-refractivity contribution in [3.05, 3.63) is 58.3 Å². The third kappa shape index (κ3) is 5.39. The van der Waals surface area contributed by atoms with Gasteiger partial charge >= 0.3 is 0 Å². The third-order valence-corrected chi connectivity index (χ3v) is 4.13. The topological polar surface area (TPSA) is 102 Å². The van der Waals surface area contributed by atoms with E-state index in [1.165, 1.54) is 23.6 Å². The van der Waals surface area contributed by atoms with E-state index in [4.69, 9.17) is 5.53 Å². The minimum absolute atomic E-state index is 0.0688. The van der Waals surface area contributed by atoms with Gasteiger partial charge in [0.15, 0.2) is 0 Å². The van der Waals surface area contributed by atoms with Crippen LogP contribution in [0.15, 0.2) is 46.1 Å². The predicted molar refractivity (Wildman–Crippen MR) is 94.9 cm³/mol. The van der Waals surface area contributed by atoms with E-state index in [0.29, 0.717) is 6.42 Å². The molecule has 1 amide bonds. The summed E-state index contributed by atoms with van der Waals surface area (Å²) in [5, 5.41) is 13.1. The second-order valence-corrected chi connectivity index (χ2v) is 5.95. The molecule has 0 saturated carbocycles. The Balaban J connectivity index is 1.94. The number of nitrogens with zero attached hydrogens (tertiary/aromatic N) is 2. The van der Waals surface area contributed by atoms with Gasteiger partial charge in [-0.15, -0.1) is 11.3 Å². The highest BCUT2D eigenvalue weighted by Gasteiger charge is 2.18. The molecule has 7 nitrogen and oxygen atoms in total. The van der Waals surface area contributed by atoms with Crippen LogP contribution in [0, 0.1) is 17.2 Å². The first kappa shape index (κ1) is 19.6. The van der Waals surface area contributed by atoms with Gasteiger partial charge in [0.05, 0.1) is 29.5 Å². The molecule has 0 bridgehead atoms. The number of para-hydroxylation sites is 1. The van der Waals surface area contributed by atoms with Gasteiger partial charge in [0, 0.05) is 18.0 Å². The molecule has 0 saturated heterocycles. The number of benzene rings is 1. The molecule has 1 unspecified atom stereocenters. The van der Waals surface area contributed by atoms with Crippen molar-refractivity contribution < 1.29 is 13.6 Å². The summed E-state index contributed by atoms with van der Waals surface area (Å²) in [6, 6.07) is 2.96. The van der Waals surface area contributed by atoms with Gasteiger partial charge in [-0.3, -0.25) is 4.79 Å². The summed E-state index contributed by atoms with van der Waals surface area (Å²) in [6.07, 6.45) is 1.59. The first-order chi connectivity index (χ1) is 12.5. The quantitative estimate of drug-likeness (QED) is 0.502. The van der Waals surface area contributed by atoms with Crippen molar-refractivity contribution in [1.82, 2.24) is 15.6 Å². The van der Waals surface area contributed by atoms with Gasteiger partial charge in [-0.1, -0.05) is 6.07 Å². The number of nitrogens with one attached hydrogen (secondary N) is 4. The van der Waals surface area contributed by atoms with Crippen LogP contribution in [0.3, 0.4) is 0 Å². The minimum atomic E-state index is -0.770. The molecule has 4 N–H and O–H groups in total. The highest BCUT2D eigenvalue weighted by molar-refractivity contribution is 7.07. The van der Waals surface area contributed by atoms with Gasteiger partial charge in [-0.25, -0.2) is 19.3 Å². The highest BCUT2D eigenvalue weighted by Crippen LogP contribution is 2.18. The number of hydrogen-bond acceptors (Lipinski definition) is 7. The summed E-state index contributed by atoms with van der Waals surface area (Å²) in [6.45, 7) is -0.0688. The van der Waals surface area contributed by atoms with Gasteiger partial charge in [-0.05, 0) is 19.2 Å². The molecule has 1 atom stereocenters. The molecule has 10 heteroatoms. The first-order valence-electron chi connectivity index (χ1n) is 7.64. The van der Waals surface area contributed by atoms with Gasteiger partial charge in [-0.2, -0.15) is 5.11 Å².